The van der Waals surface area contributed by atoms with Gasteiger partial charge >= 0.3 is 11.9 Å². The van der Waals surface area contributed by atoms with E-state index in [0.717, 1.165) is 5.56 Å². The molecule has 0 aliphatic rings. The van der Waals surface area contributed by atoms with E-state index in [-0.39, 0.29) is 36.6 Å². The number of carbonyl (C=O) groups excluding carboxylic acids is 3. The Morgan fingerprint density at radius 2 is 1.88 bits per heavy atom. The quantitative estimate of drug-likeness (QED) is 0.642. The third-order valence-corrected chi connectivity index (χ3v) is 3.65. The molecular weight excluding hydrogens is 348 g/mol. The summed E-state index contributed by atoms with van der Waals surface area (Å²) in [7, 11) is 0. The fraction of sp³-hybridized carbons (Fsp3) is 0.471. The molecule has 1 rings (SSSR count). The highest BCUT2D eigenvalue weighted by atomic mass is 35.5. The molecule has 0 fully saturated rings. The van der Waals surface area contributed by atoms with Gasteiger partial charge in [0.15, 0.2) is 0 Å². The highest BCUT2D eigenvalue weighted by molar-refractivity contribution is 6.34. The minimum absolute atomic E-state index is 0.0164. The molecule has 0 bridgehead atoms. The Labute approximate surface area is 151 Å². The lowest BCUT2D eigenvalue weighted by atomic mass is 10.1. The molecule has 0 aromatic heterocycles. The van der Waals surface area contributed by atoms with Gasteiger partial charge in [-0.05, 0) is 38.0 Å². The standard InChI is InChI=1S/C17H23ClN2O5/c1-3-24-15(21)8-7-14(17(23)25-4-2)20-16(22)12-6-5-11(10-19)9-13(12)18/h5-6,9,14H,3-4,7-8,10,19H2,1-2H3,(H,20,22)/t14-/m0/s1. The van der Waals surface area contributed by atoms with Crippen molar-refractivity contribution >= 4 is 29.4 Å². The van der Waals surface area contributed by atoms with Gasteiger partial charge < -0.3 is 20.5 Å². The van der Waals surface area contributed by atoms with Crippen LogP contribution in [0.1, 0.15) is 42.6 Å². The smallest absolute Gasteiger partial charge is 0.328 e. The van der Waals surface area contributed by atoms with E-state index in [2.05, 4.69) is 5.32 Å². The van der Waals surface area contributed by atoms with E-state index in [1.165, 1.54) is 6.07 Å². The summed E-state index contributed by atoms with van der Waals surface area (Å²) in [6.45, 7) is 4.06. The molecule has 8 heteroatoms. The van der Waals surface area contributed by atoms with Gasteiger partial charge in [-0.2, -0.15) is 0 Å². The highest BCUT2D eigenvalue weighted by Crippen LogP contribution is 2.18. The van der Waals surface area contributed by atoms with Crippen molar-refractivity contribution in [3.63, 3.8) is 0 Å². The van der Waals surface area contributed by atoms with Crippen LogP contribution in [0, 0.1) is 0 Å². The van der Waals surface area contributed by atoms with Crippen LogP contribution in [0.3, 0.4) is 0 Å². The number of nitrogens with one attached hydrogen (secondary N) is 1. The maximum atomic E-state index is 12.4. The van der Waals surface area contributed by atoms with Crippen LogP contribution in [-0.4, -0.2) is 37.1 Å². The summed E-state index contributed by atoms with van der Waals surface area (Å²) in [5.41, 5.74) is 6.52. The molecule has 0 heterocycles. The molecule has 0 radical (unpaired) electrons. The van der Waals surface area contributed by atoms with E-state index in [1.807, 2.05) is 0 Å². The second-order valence-corrected chi connectivity index (χ2v) is 5.55. The first-order chi connectivity index (χ1) is 11.9. The molecule has 1 aromatic carbocycles. The molecule has 0 saturated carbocycles. The highest BCUT2D eigenvalue weighted by Gasteiger charge is 2.24. The van der Waals surface area contributed by atoms with Gasteiger partial charge in [0.1, 0.15) is 6.04 Å². The van der Waals surface area contributed by atoms with Crippen molar-refractivity contribution < 1.29 is 23.9 Å². The Balaban J connectivity index is 2.83. The summed E-state index contributed by atoms with van der Waals surface area (Å²) >= 11 is 6.09. The zero-order chi connectivity index (χ0) is 18.8. The number of ether oxygens (including phenoxy) is 2. The monoisotopic (exact) mass is 370 g/mol. The largest absolute Gasteiger partial charge is 0.466 e. The number of amides is 1. The number of hydrogen-bond acceptors (Lipinski definition) is 6. The van der Waals surface area contributed by atoms with Crippen LogP contribution >= 0.6 is 11.6 Å². The molecule has 7 nitrogen and oxygen atoms in total. The van der Waals surface area contributed by atoms with Gasteiger partial charge in [0, 0.05) is 13.0 Å². The van der Waals surface area contributed by atoms with Crippen LogP contribution in [0.2, 0.25) is 5.02 Å². The molecule has 0 aliphatic carbocycles. The molecule has 1 atom stereocenters. The number of hydrogen-bond donors (Lipinski definition) is 2. The van der Waals surface area contributed by atoms with E-state index in [0.29, 0.717) is 6.54 Å². The van der Waals surface area contributed by atoms with Gasteiger partial charge in [-0.25, -0.2) is 4.79 Å². The van der Waals surface area contributed by atoms with E-state index < -0.39 is 23.9 Å². The molecular formula is C17H23ClN2O5. The van der Waals surface area contributed by atoms with Crippen molar-refractivity contribution in [2.24, 2.45) is 5.73 Å². The second kappa shape index (κ2) is 10.7. The third kappa shape index (κ3) is 6.72. The number of nitrogens with two attached hydrogens (primary N) is 1. The lowest BCUT2D eigenvalue weighted by Crippen LogP contribution is -2.42. The Morgan fingerprint density at radius 3 is 2.44 bits per heavy atom. The predicted molar refractivity (Wildman–Crippen MR) is 93.1 cm³/mol. The number of carbonyl (C=O) groups is 3. The van der Waals surface area contributed by atoms with E-state index in [4.69, 9.17) is 26.8 Å². The predicted octanol–water partition coefficient (Wildman–Crippen LogP) is 1.80. The summed E-state index contributed by atoms with van der Waals surface area (Å²) in [4.78, 5) is 35.9. The van der Waals surface area contributed by atoms with E-state index in [9.17, 15) is 14.4 Å². The van der Waals surface area contributed by atoms with Gasteiger partial charge in [0.2, 0.25) is 0 Å². The molecule has 1 amide bonds. The van der Waals surface area contributed by atoms with Crippen LogP contribution in [-0.2, 0) is 25.6 Å². The molecule has 138 valence electrons. The summed E-state index contributed by atoms with van der Waals surface area (Å²) < 4.78 is 9.77. The van der Waals surface area contributed by atoms with Crippen LogP contribution < -0.4 is 11.1 Å². The van der Waals surface area contributed by atoms with Crippen LogP contribution in [0.5, 0.6) is 0 Å². The summed E-state index contributed by atoms with van der Waals surface area (Å²) in [6, 6.07) is 3.84. The van der Waals surface area contributed by atoms with Crippen molar-refractivity contribution in [1.82, 2.24) is 5.32 Å². The Kier molecular flexibility index (Phi) is 8.94. The van der Waals surface area contributed by atoms with Crippen molar-refractivity contribution in [2.75, 3.05) is 13.2 Å². The Hall–Kier alpha value is -2.12. The van der Waals surface area contributed by atoms with Crippen molar-refractivity contribution in [1.29, 1.82) is 0 Å². The van der Waals surface area contributed by atoms with Gasteiger partial charge in [-0.15, -0.1) is 0 Å². The number of halogens is 1. The van der Waals surface area contributed by atoms with Gasteiger partial charge in [-0.3, -0.25) is 9.59 Å². The first-order valence-electron chi connectivity index (χ1n) is 8.04. The normalized spacial score (nSPS) is 11.5. The number of rotatable bonds is 9. The molecule has 0 unspecified atom stereocenters. The number of esters is 2. The molecule has 0 spiro atoms. The first kappa shape index (κ1) is 20.9. The zero-order valence-corrected chi connectivity index (χ0v) is 15.1. The fourth-order valence-electron chi connectivity index (χ4n) is 2.09. The second-order valence-electron chi connectivity index (χ2n) is 5.14. The maximum Gasteiger partial charge on any atom is 0.328 e. The summed E-state index contributed by atoms with van der Waals surface area (Å²) in [5, 5.41) is 2.79. The first-order valence-corrected chi connectivity index (χ1v) is 8.42. The van der Waals surface area contributed by atoms with Crippen molar-refractivity contribution in [3.05, 3.63) is 34.3 Å². The van der Waals surface area contributed by atoms with Gasteiger partial charge in [0.05, 0.1) is 23.8 Å². The average molecular weight is 371 g/mol. The minimum Gasteiger partial charge on any atom is -0.466 e. The van der Waals surface area contributed by atoms with E-state index >= 15 is 0 Å². The van der Waals surface area contributed by atoms with Crippen molar-refractivity contribution in [2.45, 2.75) is 39.3 Å². The molecule has 1 aromatic rings. The van der Waals surface area contributed by atoms with Crippen LogP contribution in [0.4, 0.5) is 0 Å². The number of benzene rings is 1. The van der Waals surface area contributed by atoms with Gasteiger partial charge in [-0.1, -0.05) is 17.7 Å². The summed E-state index contributed by atoms with van der Waals surface area (Å²) in [5.74, 6) is -1.60. The zero-order valence-electron chi connectivity index (χ0n) is 14.3. The molecule has 0 aliphatic heterocycles. The molecule has 3 N–H and O–H groups in total. The minimum atomic E-state index is -0.970. The maximum absolute atomic E-state index is 12.4. The summed E-state index contributed by atoms with van der Waals surface area (Å²) in [6.07, 6.45) is 0.0549. The SMILES string of the molecule is CCOC(=O)CC[C@H](NC(=O)c1ccc(CN)cc1Cl)C(=O)OCC. The Morgan fingerprint density at radius 1 is 1.20 bits per heavy atom. The lowest BCUT2D eigenvalue weighted by molar-refractivity contribution is -0.146. The van der Waals surface area contributed by atoms with Crippen LogP contribution in [0.15, 0.2) is 18.2 Å². The third-order valence-electron chi connectivity index (χ3n) is 3.33. The fourth-order valence-corrected chi connectivity index (χ4v) is 2.38. The van der Waals surface area contributed by atoms with Crippen LogP contribution in [0.25, 0.3) is 0 Å². The van der Waals surface area contributed by atoms with Gasteiger partial charge in [0.25, 0.3) is 5.91 Å². The lowest BCUT2D eigenvalue weighted by Gasteiger charge is -2.17. The molecule has 25 heavy (non-hydrogen) atoms. The average Bonchev–Trinajstić information content (AvgIpc) is 2.58. The molecule has 0 saturated heterocycles. The Bertz CT molecular complexity index is 621. The van der Waals surface area contributed by atoms with Crippen molar-refractivity contribution in [3.8, 4) is 0 Å². The topological polar surface area (TPSA) is 108 Å². The van der Waals surface area contributed by atoms with E-state index in [1.54, 1.807) is 26.0 Å².